The zero-order chi connectivity index (χ0) is 20.5. The van der Waals surface area contributed by atoms with Crippen LogP contribution in [0.3, 0.4) is 0 Å². The summed E-state index contributed by atoms with van der Waals surface area (Å²) in [4.78, 5) is 9.96. The predicted molar refractivity (Wildman–Crippen MR) is 128 cm³/mol. The van der Waals surface area contributed by atoms with E-state index in [-0.39, 0.29) is 0 Å². The lowest BCUT2D eigenvalue weighted by Gasteiger charge is -2.36. The molecular formula is C24H22BrClN4. The molecule has 1 N–H and O–H groups in total. The van der Waals surface area contributed by atoms with Gasteiger partial charge in [-0.05, 0) is 42.0 Å². The highest BCUT2D eigenvalue weighted by Crippen LogP contribution is 2.36. The average Bonchev–Trinajstić information content (AvgIpc) is 2.92. The number of fused-ring (bicyclic) bond motifs is 2. The van der Waals surface area contributed by atoms with Crippen molar-refractivity contribution in [3.8, 4) is 0 Å². The zero-order valence-electron chi connectivity index (χ0n) is 16.5. The highest BCUT2D eigenvalue weighted by Gasteiger charge is 2.25. The number of hydrogen-bond donors (Lipinski definition) is 1. The van der Waals surface area contributed by atoms with Gasteiger partial charge >= 0.3 is 0 Å². The standard InChI is InChI=1S/C24H22BrClN4/c25-20-7-3-1-5-17(20)16-29-11-13-30(14-12-29)24-19-6-2-4-8-21(19)27-22-10-9-18(26)15-23(22)28-24/h1-10,15,27H,11-14,16H2. The van der Waals surface area contributed by atoms with Gasteiger partial charge < -0.3 is 10.2 Å². The van der Waals surface area contributed by atoms with Crippen LogP contribution in [0.15, 0.2) is 76.2 Å². The zero-order valence-corrected chi connectivity index (χ0v) is 18.8. The summed E-state index contributed by atoms with van der Waals surface area (Å²) >= 11 is 9.93. The molecule has 0 amide bonds. The number of amidine groups is 1. The third-order valence-electron chi connectivity index (χ3n) is 5.65. The maximum Gasteiger partial charge on any atom is 0.138 e. The lowest BCUT2D eigenvalue weighted by Crippen LogP contribution is -2.48. The van der Waals surface area contributed by atoms with E-state index in [2.05, 4.69) is 79.6 Å². The molecule has 6 heteroatoms. The molecule has 2 aliphatic rings. The Morgan fingerprint density at radius 2 is 1.67 bits per heavy atom. The molecule has 3 aromatic carbocycles. The predicted octanol–water partition coefficient (Wildman–Crippen LogP) is 6.06. The number of hydrogen-bond acceptors (Lipinski definition) is 4. The molecular weight excluding hydrogens is 460 g/mol. The largest absolute Gasteiger partial charge is 0.353 e. The second-order valence-electron chi connectivity index (χ2n) is 7.62. The van der Waals surface area contributed by atoms with Crippen LogP contribution in [0.5, 0.6) is 0 Å². The van der Waals surface area contributed by atoms with Crippen LogP contribution in [-0.4, -0.2) is 41.8 Å². The van der Waals surface area contributed by atoms with Gasteiger partial charge in [0.05, 0.1) is 11.4 Å². The van der Waals surface area contributed by atoms with Gasteiger partial charge in [-0.2, -0.15) is 0 Å². The van der Waals surface area contributed by atoms with Crippen LogP contribution >= 0.6 is 27.5 Å². The quantitative estimate of drug-likeness (QED) is 0.483. The summed E-state index contributed by atoms with van der Waals surface area (Å²) in [5, 5.41) is 4.23. The lowest BCUT2D eigenvalue weighted by molar-refractivity contribution is 0.175. The Bertz CT molecular complexity index is 1110. The monoisotopic (exact) mass is 480 g/mol. The smallest absolute Gasteiger partial charge is 0.138 e. The summed E-state index contributed by atoms with van der Waals surface area (Å²) < 4.78 is 1.18. The fourth-order valence-electron chi connectivity index (χ4n) is 4.04. The van der Waals surface area contributed by atoms with E-state index in [9.17, 15) is 0 Å². The number of nitrogens with one attached hydrogen (secondary N) is 1. The molecule has 5 rings (SSSR count). The Kier molecular flexibility index (Phi) is 5.50. The van der Waals surface area contributed by atoms with Gasteiger partial charge in [0, 0.05) is 53.5 Å². The van der Waals surface area contributed by atoms with Crippen LogP contribution in [0, 0.1) is 0 Å². The number of rotatable bonds is 2. The van der Waals surface area contributed by atoms with Crippen molar-refractivity contribution in [2.24, 2.45) is 4.99 Å². The van der Waals surface area contributed by atoms with Crippen LogP contribution < -0.4 is 5.32 Å². The first-order chi connectivity index (χ1) is 14.7. The molecule has 1 fully saturated rings. The van der Waals surface area contributed by atoms with Gasteiger partial charge in [0.15, 0.2) is 0 Å². The molecule has 0 aromatic heterocycles. The van der Waals surface area contributed by atoms with E-state index in [1.165, 1.54) is 10.0 Å². The molecule has 0 aliphatic carbocycles. The van der Waals surface area contributed by atoms with Crippen LogP contribution in [0.25, 0.3) is 0 Å². The molecule has 152 valence electrons. The Balaban J connectivity index is 1.40. The third kappa shape index (κ3) is 3.97. The SMILES string of the molecule is Clc1ccc2c(c1)N=C(N1CCN(Cc3ccccc3Br)CC1)c1ccccc1N2. The van der Waals surface area contributed by atoms with Gasteiger partial charge in [0.1, 0.15) is 5.84 Å². The van der Waals surface area contributed by atoms with Crippen molar-refractivity contribution in [1.29, 1.82) is 0 Å². The number of aliphatic imine (C=N–C) groups is 1. The van der Waals surface area contributed by atoms with E-state index in [1.807, 2.05) is 18.2 Å². The molecule has 3 aromatic rings. The molecule has 0 saturated carbocycles. The van der Waals surface area contributed by atoms with Crippen molar-refractivity contribution in [2.75, 3.05) is 31.5 Å². The molecule has 0 radical (unpaired) electrons. The Morgan fingerprint density at radius 1 is 0.900 bits per heavy atom. The molecule has 0 atom stereocenters. The number of halogens is 2. The van der Waals surface area contributed by atoms with Gasteiger partial charge in [0.25, 0.3) is 0 Å². The van der Waals surface area contributed by atoms with Gasteiger partial charge in [-0.15, -0.1) is 0 Å². The first-order valence-electron chi connectivity index (χ1n) is 10.1. The molecule has 4 nitrogen and oxygen atoms in total. The number of piperazine rings is 1. The summed E-state index contributed by atoms with van der Waals surface area (Å²) in [7, 11) is 0. The van der Waals surface area contributed by atoms with E-state index in [0.717, 1.165) is 61.2 Å². The highest BCUT2D eigenvalue weighted by molar-refractivity contribution is 9.10. The minimum Gasteiger partial charge on any atom is -0.353 e. The topological polar surface area (TPSA) is 30.9 Å². The summed E-state index contributed by atoms with van der Waals surface area (Å²) in [6, 6.07) is 22.7. The molecule has 0 bridgehead atoms. The second kappa shape index (κ2) is 8.42. The van der Waals surface area contributed by atoms with Crippen molar-refractivity contribution in [2.45, 2.75) is 6.54 Å². The number of para-hydroxylation sites is 1. The number of nitrogens with zero attached hydrogens (tertiary/aromatic N) is 3. The lowest BCUT2D eigenvalue weighted by atomic mass is 10.1. The van der Waals surface area contributed by atoms with Crippen molar-refractivity contribution in [3.05, 3.63) is 87.4 Å². The molecule has 2 heterocycles. The van der Waals surface area contributed by atoms with Crippen molar-refractivity contribution < 1.29 is 0 Å². The Labute approximate surface area is 190 Å². The molecule has 2 aliphatic heterocycles. The van der Waals surface area contributed by atoms with Gasteiger partial charge in [0.2, 0.25) is 0 Å². The third-order valence-corrected chi connectivity index (χ3v) is 6.66. The fraction of sp³-hybridized carbons (Fsp3) is 0.208. The van der Waals surface area contributed by atoms with E-state index < -0.39 is 0 Å². The number of anilines is 2. The first-order valence-corrected chi connectivity index (χ1v) is 11.3. The van der Waals surface area contributed by atoms with E-state index in [1.54, 1.807) is 0 Å². The van der Waals surface area contributed by atoms with E-state index in [0.29, 0.717) is 5.02 Å². The Morgan fingerprint density at radius 3 is 2.50 bits per heavy atom. The van der Waals surface area contributed by atoms with Crippen LogP contribution in [0.4, 0.5) is 17.1 Å². The summed E-state index contributed by atoms with van der Waals surface area (Å²) in [6.07, 6.45) is 0. The normalized spacial score (nSPS) is 16.2. The maximum absolute atomic E-state index is 6.26. The van der Waals surface area contributed by atoms with E-state index >= 15 is 0 Å². The van der Waals surface area contributed by atoms with E-state index in [4.69, 9.17) is 16.6 Å². The van der Waals surface area contributed by atoms with Gasteiger partial charge in [-0.3, -0.25) is 4.90 Å². The maximum atomic E-state index is 6.26. The molecule has 0 unspecified atom stereocenters. The van der Waals surface area contributed by atoms with Gasteiger partial charge in [-0.25, -0.2) is 4.99 Å². The summed E-state index contributed by atoms with van der Waals surface area (Å²) in [5.74, 6) is 1.01. The average molecular weight is 482 g/mol. The van der Waals surface area contributed by atoms with Crippen molar-refractivity contribution >= 4 is 50.4 Å². The van der Waals surface area contributed by atoms with Crippen LogP contribution in [0.2, 0.25) is 5.02 Å². The molecule has 30 heavy (non-hydrogen) atoms. The van der Waals surface area contributed by atoms with Crippen molar-refractivity contribution in [1.82, 2.24) is 9.80 Å². The Hall–Kier alpha value is -2.34. The molecule has 1 saturated heterocycles. The summed E-state index contributed by atoms with van der Waals surface area (Å²) in [6.45, 7) is 4.83. The molecule has 0 spiro atoms. The van der Waals surface area contributed by atoms with Crippen LogP contribution in [-0.2, 0) is 6.54 Å². The fourth-order valence-corrected chi connectivity index (χ4v) is 4.61. The van der Waals surface area contributed by atoms with Gasteiger partial charge in [-0.1, -0.05) is 57.9 Å². The number of benzene rings is 3. The van der Waals surface area contributed by atoms with Crippen molar-refractivity contribution in [3.63, 3.8) is 0 Å². The first kappa shape index (κ1) is 19.6. The second-order valence-corrected chi connectivity index (χ2v) is 8.91. The summed E-state index contributed by atoms with van der Waals surface area (Å²) in [5.41, 5.74) is 5.40. The minimum atomic E-state index is 0.697. The minimum absolute atomic E-state index is 0.697. The van der Waals surface area contributed by atoms with Crippen LogP contribution in [0.1, 0.15) is 11.1 Å². The highest BCUT2D eigenvalue weighted by atomic mass is 79.9.